The molecule has 0 saturated carbocycles. The van der Waals surface area contributed by atoms with E-state index < -0.39 is 0 Å². The van der Waals surface area contributed by atoms with Gasteiger partial charge in [0, 0.05) is 6.54 Å². The molecule has 0 spiro atoms. The van der Waals surface area contributed by atoms with E-state index in [1.807, 2.05) is 24.3 Å². The predicted octanol–water partition coefficient (Wildman–Crippen LogP) is 3.82. The Morgan fingerprint density at radius 2 is 2.00 bits per heavy atom. The fourth-order valence-electron chi connectivity index (χ4n) is 1.62. The number of nitrogens with zero attached hydrogens (tertiary/aromatic N) is 2. The highest BCUT2D eigenvalue weighted by molar-refractivity contribution is 7.18. The highest BCUT2D eigenvalue weighted by Gasteiger charge is 2.11. The Labute approximate surface area is 117 Å². The van der Waals surface area contributed by atoms with Gasteiger partial charge in [-0.25, -0.2) is 0 Å². The minimum Gasteiger partial charge on any atom is -0.493 e. The van der Waals surface area contributed by atoms with Gasteiger partial charge in [0.2, 0.25) is 5.13 Å². The smallest absolute Gasteiger partial charge is 0.206 e. The Kier molecular flexibility index (Phi) is 5.15. The number of ether oxygens (including phenoxy) is 1. The lowest BCUT2D eigenvalue weighted by Crippen LogP contribution is -1.98. The lowest BCUT2D eigenvalue weighted by molar-refractivity contribution is 0.318. The number of aromatic nitrogens is 2. The average Bonchev–Trinajstić information content (AvgIpc) is 2.92. The highest BCUT2D eigenvalue weighted by atomic mass is 32.1. The van der Waals surface area contributed by atoms with Crippen molar-refractivity contribution in [3.05, 3.63) is 24.3 Å². The maximum atomic E-state index is 5.75. The van der Waals surface area contributed by atoms with Crippen LogP contribution in [-0.4, -0.2) is 23.3 Å². The Bertz CT molecular complexity index is 513. The van der Waals surface area contributed by atoms with Gasteiger partial charge in [0.05, 0.1) is 12.2 Å². The van der Waals surface area contributed by atoms with Crippen molar-refractivity contribution in [3.63, 3.8) is 0 Å². The summed E-state index contributed by atoms with van der Waals surface area (Å²) >= 11 is 1.56. The van der Waals surface area contributed by atoms with Crippen LogP contribution in [0.1, 0.15) is 26.7 Å². The summed E-state index contributed by atoms with van der Waals surface area (Å²) in [6.45, 7) is 5.86. The first kappa shape index (κ1) is 13.8. The molecule has 1 aromatic heterocycles. The van der Waals surface area contributed by atoms with E-state index in [0.717, 1.165) is 47.4 Å². The molecule has 0 aliphatic rings. The monoisotopic (exact) mass is 277 g/mol. The minimum atomic E-state index is 0.719. The summed E-state index contributed by atoms with van der Waals surface area (Å²) in [5.74, 6) is 0.877. The maximum Gasteiger partial charge on any atom is 0.206 e. The topological polar surface area (TPSA) is 47.0 Å². The highest BCUT2D eigenvalue weighted by Crippen LogP contribution is 2.33. The standard InChI is InChI=1S/C14H19N3OS/c1-3-9-15-14-17-16-13(19-14)11-7-5-6-8-12(11)18-10-4-2/h5-8H,3-4,9-10H2,1-2H3,(H,15,17). The Balaban J connectivity index is 2.18. The fourth-order valence-corrected chi connectivity index (χ4v) is 2.42. The molecule has 0 bridgehead atoms. The van der Waals surface area contributed by atoms with E-state index in [0.29, 0.717) is 0 Å². The molecule has 1 N–H and O–H groups in total. The van der Waals surface area contributed by atoms with Crippen LogP contribution >= 0.6 is 11.3 Å². The molecular formula is C14H19N3OS. The van der Waals surface area contributed by atoms with Crippen molar-refractivity contribution in [3.8, 4) is 16.3 Å². The average molecular weight is 277 g/mol. The second kappa shape index (κ2) is 7.09. The molecule has 2 aromatic rings. The lowest BCUT2D eigenvalue weighted by Gasteiger charge is -2.07. The summed E-state index contributed by atoms with van der Waals surface area (Å²) < 4.78 is 5.75. The van der Waals surface area contributed by atoms with Crippen LogP contribution in [0.25, 0.3) is 10.6 Å². The van der Waals surface area contributed by atoms with Crippen LogP contribution in [0.3, 0.4) is 0 Å². The molecule has 0 unspecified atom stereocenters. The third-order valence-electron chi connectivity index (χ3n) is 2.53. The molecule has 4 nitrogen and oxygen atoms in total. The van der Waals surface area contributed by atoms with Crippen molar-refractivity contribution < 1.29 is 4.74 Å². The van der Waals surface area contributed by atoms with Crippen molar-refractivity contribution in [2.45, 2.75) is 26.7 Å². The van der Waals surface area contributed by atoms with Crippen molar-refractivity contribution in [2.75, 3.05) is 18.5 Å². The molecule has 0 fully saturated rings. The quantitative estimate of drug-likeness (QED) is 0.836. The first-order chi connectivity index (χ1) is 9.35. The molecule has 0 aliphatic heterocycles. The third kappa shape index (κ3) is 3.67. The summed E-state index contributed by atoms with van der Waals surface area (Å²) in [7, 11) is 0. The Morgan fingerprint density at radius 3 is 2.79 bits per heavy atom. The molecule has 0 atom stereocenters. The van der Waals surface area contributed by atoms with Crippen LogP contribution in [0.15, 0.2) is 24.3 Å². The zero-order valence-corrected chi connectivity index (χ0v) is 12.2. The number of hydrogen-bond donors (Lipinski definition) is 1. The summed E-state index contributed by atoms with van der Waals surface area (Å²) in [6.07, 6.45) is 2.07. The van der Waals surface area contributed by atoms with Crippen LogP contribution in [0.2, 0.25) is 0 Å². The molecule has 19 heavy (non-hydrogen) atoms. The number of nitrogens with one attached hydrogen (secondary N) is 1. The van der Waals surface area contributed by atoms with Gasteiger partial charge in [-0.1, -0.05) is 37.3 Å². The zero-order valence-electron chi connectivity index (χ0n) is 11.3. The van der Waals surface area contributed by atoms with E-state index >= 15 is 0 Å². The van der Waals surface area contributed by atoms with Crippen molar-refractivity contribution in [1.82, 2.24) is 10.2 Å². The normalized spacial score (nSPS) is 10.4. The molecule has 1 aromatic carbocycles. The Morgan fingerprint density at radius 1 is 1.16 bits per heavy atom. The van der Waals surface area contributed by atoms with E-state index in [4.69, 9.17) is 4.74 Å². The van der Waals surface area contributed by atoms with E-state index in [1.165, 1.54) is 0 Å². The third-order valence-corrected chi connectivity index (χ3v) is 3.44. The van der Waals surface area contributed by atoms with Gasteiger partial charge < -0.3 is 10.1 Å². The molecule has 5 heteroatoms. The molecule has 0 amide bonds. The number of hydrogen-bond acceptors (Lipinski definition) is 5. The van der Waals surface area contributed by atoms with Crippen molar-refractivity contribution in [2.24, 2.45) is 0 Å². The predicted molar refractivity (Wildman–Crippen MR) is 79.9 cm³/mol. The zero-order chi connectivity index (χ0) is 13.5. The van der Waals surface area contributed by atoms with Crippen molar-refractivity contribution in [1.29, 1.82) is 0 Å². The SMILES string of the molecule is CCCNc1nnc(-c2ccccc2OCCC)s1. The lowest BCUT2D eigenvalue weighted by atomic mass is 10.2. The second-order valence-electron chi connectivity index (χ2n) is 4.18. The molecule has 0 aliphatic carbocycles. The summed E-state index contributed by atoms with van der Waals surface area (Å²) in [5.41, 5.74) is 1.01. The molecule has 1 heterocycles. The second-order valence-corrected chi connectivity index (χ2v) is 5.16. The van der Waals surface area contributed by atoms with Gasteiger partial charge in [0.15, 0.2) is 5.01 Å². The first-order valence-corrected chi connectivity index (χ1v) is 7.46. The number of benzene rings is 1. The summed E-state index contributed by atoms with van der Waals surface area (Å²) in [5, 5.41) is 13.4. The first-order valence-electron chi connectivity index (χ1n) is 6.64. The fraction of sp³-hybridized carbons (Fsp3) is 0.429. The van der Waals surface area contributed by atoms with Gasteiger partial charge in [-0.05, 0) is 25.0 Å². The van der Waals surface area contributed by atoms with Crippen LogP contribution < -0.4 is 10.1 Å². The largest absolute Gasteiger partial charge is 0.493 e. The van der Waals surface area contributed by atoms with E-state index in [2.05, 4.69) is 29.4 Å². The van der Waals surface area contributed by atoms with Gasteiger partial charge in [-0.3, -0.25) is 0 Å². The van der Waals surface area contributed by atoms with Crippen LogP contribution in [0, 0.1) is 0 Å². The number of para-hydroxylation sites is 1. The van der Waals surface area contributed by atoms with Gasteiger partial charge in [-0.15, -0.1) is 10.2 Å². The van der Waals surface area contributed by atoms with E-state index in [9.17, 15) is 0 Å². The van der Waals surface area contributed by atoms with Crippen LogP contribution in [-0.2, 0) is 0 Å². The molecular weight excluding hydrogens is 258 g/mol. The summed E-state index contributed by atoms with van der Waals surface area (Å²) in [6, 6.07) is 7.97. The van der Waals surface area contributed by atoms with Crippen LogP contribution in [0.4, 0.5) is 5.13 Å². The van der Waals surface area contributed by atoms with Gasteiger partial charge >= 0.3 is 0 Å². The van der Waals surface area contributed by atoms with Crippen molar-refractivity contribution >= 4 is 16.5 Å². The van der Waals surface area contributed by atoms with Gasteiger partial charge in [-0.2, -0.15) is 0 Å². The maximum absolute atomic E-state index is 5.75. The number of anilines is 1. The summed E-state index contributed by atoms with van der Waals surface area (Å²) in [4.78, 5) is 0. The number of rotatable bonds is 7. The molecule has 0 radical (unpaired) electrons. The molecule has 102 valence electrons. The van der Waals surface area contributed by atoms with E-state index in [1.54, 1.807) is 11.3 Å². The molecule has 2 rings (SSSR count). The van der Waals surface area contributed by atoms with E-state index in [-0.39, 0.29) is 0 Å². The van der Waals surface area contributed by atoms with Gasteiger partial charge in [0.1, 0.15) is 5.75 Å². The van der Waals surface area contributed by atoms with Gasteiger partial charge in [0.25, 0.3) is 0 Å². The Hall–Kier alpha value is -1.62. The molecule has 0 saturated heterocycles. The minimum absolute atomic E-state index is 0.719. The van der Waals surface area contributed by atoms with Crippen LogP contribution in [0.5, 0.6) is 5.75 Å².